The maximum Gasteiger partial charge on any atom is 0.306 e. The third-order valence-corrected chi connectivity index (χ3v) is 12.8. The number of hydrogen-bond donors (Lipinski definition) is 0. The number of carbonyl (C=O) groups is 3. The zero-order valence-corrected chi connectivity index (χ0v) is 45.1. The average Bonchev–Trinajstić information content (AvgIpc) is 3.34. The van der Waals surface area contributed by atoms with Gasteiger partial charge in [-0.15, -0.1) is 0 Å². The van der Waals surface area contributed by atoms with Gasteiger partial charge in [0.25, 0.3) is 0 Å². The lowest BCUT2D eigenvalue weighted by atomic mass is 10.0. The number of rotatable bonds is 53. The second-order valence-electron chi connectivity index (χ2n) is 19.5. The standard InChI is InChI=1S/C62H110O6/c1-4-7-10-13-16-19-22-25-26-27-28-29-30-31-32-33-34-35-38-40-43-46-49-52-55-61(64)67-58-59(68-62(65)56-53-50-47-44-41-37-24-21-18-15-12-9-6-3)57-66-60(63)54-51-48-45-42-39-36-23-20-17-14-11-8-5-2/h9,12,18,20-21,23,37,41,47,50,59H,4-8,10-11,13-17,19,22,24-36,38-40,42-46,48-49,51-58H2,1-3H3/b12-9-,21-18-,23-20-,41-37-,50-47-. The second kappa shape index (κ2) is 56.7. The van der Waals surface area contributed by atoms with Gasteiger partial charge in [-0.05, 0) is 70.6 Å². The largest absolute Gasteiger partial charge is 0.462 e. The van der Waals surface area contributed by atoms with E-state index in [0.29, 0.717) is 19.3 Å². The van der Waals surface area contributed by atoms with Crippen LogP contribution in [0.1, 0.15) is 297 Å². The summed E-state index contributed by atoms with van der Waals surface area (Å²) in [5.41, 5.74) is 0. The van der Waals surface area contributed by atoms with Crippen LogP contribution >= 0.6 is 0 Å². The van der Waals surface area contributed by atoms with Crippen molar-refractivity contribution in [2.45, 2.75) is 303 Å². The van der Waals surface area contributed by atoms with Crippen molar-refractivity contribution in [2.24, 2.45) is 0 Å². The van der Waals surface area contributed by atoms with Crippen LogP contribution in [0, 0.1) is 0 Å². The van der Waals surface area contributed by atoms with Gasteiger partial charge in [0.1, 0.15) is 13.2 Å². The van der Waals surface area contributed by atoms with Crippen molar-refractivity contribution in [3.63, 3.8) is 0 Å². The fourth-order valence-corrected chi connectivity index (χ4v) is 8.39. The fourth-order valence-electron chi connectivity index (χ4n) is 8.39. The van der Waals surface area contributed by atoms with Gasteiger partial charge in [-0.1, -0.05) is 268 Å². The Bertz CT molecular complexity index is 1230. The Hall–Kier alpha value is -2.89. The number of esters is 3. The van der Waals surface area contributed by atoms with Gasteiger partial charge in [0.2, 0.25) is 0 Å². The number of hydrogen-bond acceptors (Lipinski definition) is 6. The van der Waals surface area contributed by atoms with Gasteiger partial charge < -0.3 is 14.2 Å². The van der Waals surface area contributed by atoms with Crippen molar-refractivity contribution in [2.75, 3.05) is 13.2 Å². The molecule has 0 N–H and O–H groups in total. The third kappa shape index (κ3) is 54.1. The molecule has 0 bridgehead atoms. The molecule has 394 valence electrons. The van der Waals surface area contributed by atoms with E-state index in [2.05, 4.69) is 75.5 Å². The molecule has 0 spiro atoms. The molecular formula is C62H110O6. The number of unbranched alkanes of at least 4 members (excludes halogenated alkanes) is 32. The van der Waals surface area contributed by atoms with E-state index >= 15 is 0 Å². The number of ether oxygens (including phenoxy) is 3. The first kappa shape index (κ1) is 65.1. The molecule has 6 nitrogen and oxygen atoms in total. The van der Waals surface area contributed by atoms with Crippen molar-refractivity contribution in [3.05, 3.63) is 60.8 Å². The maximum absolute atomic E-state index is 12.8. The molecule has 0 saturated carbocycles. The molecule has 68 heavy (non-hydrogen) atoms. The van der Waals surface area contributed by atoms with Crippen LogP contribution in [-0.2, 0) is 28.6 Å². The Morgan fingerprint density at radius 2 is 0.603 bits per heavy atom. The monoisotopic (exact) mass is 951 g/mol. The molecule has 0 aliphatic rings. The minimum Gasteiger partial charge on any atom is -0.462 e. The summed E-state index contributed by atoms with van der Waals surface area (Å²) in [6, 6.07) is 0. The van der Waals surface area contributed by atoms with Crippen molar-refractivity contribution in [1.82, 2.24) is 0 Å². The Morgan fingerprint density at radius 3 is 0.971 bits per heavy atom. The lowest BCUT2D eigenvalue weighted by Crippen LogP contribution is -2.30. The summed E-state index contributed by atoms with van der Waals surface area (Å²) < 4.78 is 16.8. The molecular weight excluding hydrogens is 841 g/mol. The van der Waals surface area contributed by atoms with E-state index in [0.717, 1.165) is 70.6 Å². The highest BCUT2D eigenvalue weighted by molar-refractivity contribution is 5.71. The van der Waals surface area contributed by atoms with Crippen LogP contribution in [-0.4, -0.2) is 37.2 Å². The summed E-state index contributed by atoms with van der Waals surface area (Å²) in [5, 5.41) is 0. The zero-order valence-electron chi connectivity index (χ0n) is 45.1. The molecule has 0 fully saturated rings. The molecule has 0 heterocycles. The zero-order chi connectivity index (χ0) is 49.3. The highest BCUT2D eigenvalue weighted by Crippen LogP contribution is 2.17. The van der Waals surface area contributed by atoms with Crippen molar-refractivity contribution >= 4 is 17.9 Å². The predicted octanol–water partition coefficient (Wildman–Crippen LogP) is 19.6. The predicted molar refractivity (Wildman–Crippen MR) is 293 cm³/mol. The highest BCUT2D eigenvalue weighted by atomic mass is 16.6. The van der Waals surface area contributed by atoms with Crippen molar-refractivity contribution in [3.8, 4) is 0 Å². The van der Waals surface area contributed by atoms with E-state index in [-0.39, 0.29) is 37.5 Å². The number of carbonyl (C=O) groups excluding carboxylic acids is 3. The number of allylic oxidation sites excluding steroid dienone is 10. The van der Waals surface area contributed by atoms with Gasteiger partial charge >= 0.3 is 17.9 Å². The first-order valence-electron chi connectivity index (χ1n) is 29.3. The molecule has 0 aromatic carbocycles. The SMILES string of the molecule is CC/C=C\C/C=C\C/C=C\C/C=C\CCC(=O)OC(COC(=O)CCCCCCC/C=C\CCCCCC)COC(=O)CCCCCCCCCCCCCCCCCCCCCCCCCC. The topological polar surface area (TPSA) is 78.9 Å². The van der Waals surface area contributed by atoms with Crippen molar-refractivity contribution < 1.29 is 28.6 Å². The van der Waals surface area contributed by atoms with Gasteiger partial charge in [-0.2, -0.15) is 0 Å². The summed E-state index contributed by atoms with van der Waals surface area (Å²) in [6.07, 6.45) is 71.0. The summed E-state index contributed by atoms with van der Waals surface area (Å²) in [4.78, 5) is 38.0. The van der Waals surface area contributed by atoms with Crippen molar-refractivity contribution in [1.29, 1.82) is 0 Å². The van der Waals surface area contributed by atoms with E-state index in [1.807, 2.05) is 6.08 Å². The molecule has 6 heteroatoms. The Labute approximate surface area is 421 Å². The van der Waals surface area contributed by atoms with Gasteiger partial charge in [0.05, 0.1) is 0 Å². The molecule has 1 unspecified atom stereocenters. The van der Waals surface area contributed by atoms with Crippen LogP contribution in [0.2, 0.25) is 0 Å². The Morgan fingerprint density at radius 1 is 0.309 bits per heavy atom. The average molecular weight is 952 g/mol. The van der Waals surface area contributed by atoms with Crippen LogP contribution < -0.4 is 0 Å². The van der Waals surface area contributed by atoms with E-state index in [1.165, 1.54) is 180 Å². The molecule has 0 saturated heterocycles. The van der Waals surface area contributed by atoms with Gasteiger partial charge in [0, 0.05) is 19.3 Å². The molecule has 0 aromatic heterocycles. The fraction of sp³-hybridized carbons (Fsp3) is 0.790. The smallest absolute Gasteiger partial charge is 0.306 e. The van der Waals surface area contributed by atoms with E-state index < -0.39 is 6.10 Å². The first-order valence-corrected chi connectivity index (χ1v) is 29.3. The first-order chi connectivity index (χ1) is 33.5. The lowest BCUT2D eigenvalue weighted by Gasteiger charge is -2.18. The molecule has 0 aliphatic heterocycles. The van der Waals surface area contributed by atoms with E-state index in [4.69, 9.17) is 14.2 Å². The van der Waals surface area contributed by atoms with E-state index in [9.17, 15) is 14.4 Å². The van der Waals surface area contributed by atoms with Crippen LogP contribution in [0.4, 0.5) is 0 Å². The quantitative estimate of drug-likeness (QED) is 0.0262. The van der Waals surface area contributed by atoms with Gasteiger partial charge in [0.15, 0.2) is 6.10 Å². The molecule has 0 rings (SSSR count). The van der Waals surface area contributed by atoms with Gasteiger partial charge in [-0.25, -0.2) is 0 Å². The second-order valence-corrected chi connectivity index (χ2v) is 19.5. The Kier molecular flexibility index (Phi) is 54.3. The summed E-state index contributed by atoms with van der Waals surface area (Å²) in [7, 11) is 0. The van der Waals surface area contributed by atoms with Crippen LogP contribution in [0.25, 0.3) is 0 Å². The molecule has 0 aliphatic carbocycles. The maximum atomic E-state index is 12.8. The van der Waals surface area contributed by atoms with Crippen LogP contribution in [0.3, 0.4) is 0 Å². The summed E-state index contributed by atoms with van der Waals surface area (Å²) in [5.74, 6) is -0.984. The minimum absolute atomic E-state index is 0.103. The third-order valence-electron chi connectivity index (χ3n) is 12.8. The summed E-state index contributed by atoms with van der Waals surface area (Å²) in [6.45, 7) is 6.47. The van der Waals surface area contributed by atoms with Gasteiger partial charge in [-0.3, -0.25) is 14.4 Å². The lowest BCUT2D eigenvalue weighted by molar-refractivity contribution is -0.166. The molecule has 0 amide bonds. The highest BCUT2D eigenvalue weighted by Gasteiger charge is 2.19. The molecule has 1 atom stereocenters. The van der Waals surface area contributed by atoms with Crippen LogP contribution in [0.15, 0.2) is 60.8 Å². The Balaban J connectivity index is 4.28. The van der Waals surface area contributed by atoms with Crippen LogP contribution in [0.5, 0.6) is 0 Å². The molecule has 0 aromatic rings. The normalized spacial score (nSPS) is 12.5. The summed E-state index contributed by atoms with van der Waals surface area (Å²) >= 11 is 0. The minimum atomic E-state index is -0.813. The molecule has 0 radical (unpaired) electrons. The van der Waals surface area contributed by atoms with E-state index in [1.54, 1.807) is 0 Å².